The number of hydrogen-bond acceptors (Lipinski definition) is 8. The Kier molecular flexibility index (Phi) is 4.35. The summed E-state index contributed by atoms with van der Waals surface area (Å²) >= 11 is 4.79. The van der Waals surface area contributed by atoms with E-state index in [1.165, 1.54) is 11.3 Å². The Balaban J connectivity index is 1.29. The zero-order chi connectivity index (χ0) is 18.2. The number of fused-ring (bicyclic) bond motifs is 1. The van der Waals surface area contributed by atoms with E-state index in [2.05, 4.69) is 25.9 Å². The summed E-state index contributed by atoms with van der Waals surface area (Å²) in [6.07, 6.45) is 1.62. The molecule has 1 amide bonds. The molecule has 1 saturated heterocycles. The first-order valence-electron chi connectivity index (χ1n) is 8.51. The van der Waals surface area contributed by atoms with Crippen LogP contribution in [0.1, 0.15) is 10.5 Å². The lowest BCUT2D eigenvalue weighted by atomic mass is 10.2. The van der Waals surface area contributed by atoms with Gasteiger partial charge in [0.2, 0.25) is 0 Å². The zero-order valence-corrected chi connectivity index (χ0v) is 16.7. The minimum Gasteiger partial charge on any atom is -0.352 e. The van der Waals surface area contributed by atoms with E-state index in [9.17, 15) is 4.79 Å². The van der Waals surface area contributed by atoms with Crippen molar-refractivity contribution >= 4 is 56.0 Å². The monoisotopic (exact) mass is 413 g/mol. The number of thiazole rings is 1. The third-order valence-electron chi connectivity index (χ3n) is 4.56. The Hall–Kier alpha value is -2.36. The number of piperazine rings is 1. The summed E-state index contributed by atoms with van der Waals surface area (Å²) in [7, 11) is 0. The van der Waals surface area contributed by atoms with Crippen LogP contribution >= 0.6 is 34.0 Å². The molecule has 0 unspecified atom stereocenters. The lowest BCUT2D eigenvalue weighted by Crippen LogP contribution is -2.49. The normalized spacial score (nSPS) is 14.8. The Morgan fingerprint density at radius 2 is 1.89 bits per heavy atom. The van der Waals surface area contributed by atoms with E-state index in [-0.39, 0.29) is 5.91 Å². The van der Waals surface area contributed by atoms with Gasteiger partial charge in [-0.05, 0) is 22.9 Å². The van der Waals surface area contributed by atoms with E-state index < -0.39 is 0 Å². The highest BCUT2D eigenvalue weighted by molar-refractivity contribution is 7.20. The van der Waals surface area contributed by atoms with Crippen LogP contribution in [0.3, 0.4) is 0 Å². The number of amides is 1. The van der Waals surface area contributed by atoms with Gasteiger partial charge in [0, 0.05) is 31.6 Å². The summed E-state index contributed by atoms with van der Waals surface area (Å²) in [5.74, 6) is 0.971. The van der Waals surface area contributed by atoms with Crippen LogP contribution < -0.4 is 4.90 Å². The molecule has 1 aliphatic heterocycles. The van der Waals surface area contributed by atoms with Gasteiger partial charge in [-0.15, -0.1) is 34.0 Å². The first-order chi connectivity index (χ1) is 13.3. The standard InChI is InChI=1S/C18H15N5OS3/c24-18(13-10-27-17(21-13)14-2-1-8-25-14)23-6-4-22(5-7-23)15-12-3-9-26-16(12)20-11-19-15/h1-3,8-11H,4-7H2. The SMILES string of the molecule is O=C(c1csc(-c2cccs2)n1)N1CCN(c2ncnc3sccc23)CC1. The Labute approximate surface area is 167 Å². The molecule has 0 saturated carbocycles. The van der Waals surface area contributed by atoms with Gasteiger partial charge in [-0.25, -0.2) is 15.0 Å². The molecule has 0 spiro atoms. The highest BCUT2D eigenvalue weighted by Crippen LogP contribution is 2.29. The summed E-state index contributed by atoms with van der Waals surface area (Å²) in [4.78, 5) is 32.4. The van der Waals surface area contributed by atoms with Crippen LogP contribution in [0.5, 0.6) is 0 Å². The number of aromatic nitrogens is 3. The van der Waals surface area contributed by atoms with Crippen LogP contribution in [0.15, 0.2) is 40.7 Å². The number of hydrogen-bond donors (Lipinski definition) is 0. The molecule has 1 fully saturated rings. The molecule has 5 rings (SSSR count). The molecule has 0 bridgehead atoms. The van der Waals surface area contributed by atoms with Gasteiger partial charge in [0.25, 0.3) is 5.91 Å². The van der Waals surface area contributed by atoms with Gasteiger partial charge in [0.1, 0.15) is 27.7 Å². The lowest BCUT2D eigenvalue weighted by Gasteiger charge is -2.35. The van der Waals surface area contributed by atoms with Crippen LogP contribution in [0.25, 0.3) is 20.1 Å². The van der Waals surface area contributed by atoms with Gasteiger partial charge >= 0.3 is 0 Å². The average Bonchev–Trinajstić information content (AvgIpc) is 3.48. The molecule has 0 aromatic carbocycles. The second-order valence-electron chi connectivity index (χ2n) is 6.13. The van der Waals surface area contributed by atoms with Crippen molar-refractivity contribution in [1.29, 1.82) is 0 Å². The molecule has 4 aromatic heterocycles. The fraction of sp³-hybridized carbons (Fsp3) is 0.222. The van der Waals surface area contributed by atoms with E-state index in [1.54, 1.807) is 29.0 Å². The Morgan fingerprint density at radius 3 is 2.70 bits per heavy atom. The second-order valence-corrected chi connectivity index (χ2v) is 8.83. The minimum atomic E-state index is 0.0112. The van der Waals surface area contributed by atoms with Gasteiger partial charge in [-0.1, -0.05) is 6.07 Å². The summed E-state index contributed by atoms with van der Waals surface area (Å²) < 4.78 is 0. The van der Waals surface area contributed by atoms with Gasteiger partial charge in [-0.2, -0.15) is 0 Å². The van der Waals surface area contributed by atoms with E-state index in [0.29, 0.717) is 18.8 Å². The highest BCUT2D eigenvalue weighted by atomic mass is 32.1. The largest absolute Gasteiger partial charge is 0.352 e. The molecule has 27 heavy (non-hydrogen) atoms. The highest BCUT2D eigenvalue weighted by Gasteiger charge is 2.25. The molecular weight excluding hydrogens is 398 g/mol. The van der Waals surface area contributed by atoms with E-state index in [1.807, 2.05) is 33.2 Å². The molecule has 9 heteroatoms. The fourth-order valence-corrected chi connectivity index (χ4v) is 5.53. The smallest absolute Gasteiger partial charge is 0.273 e. The summed E-state index contributed by atoms with van der Waals surface area (Å²) in [6.45, 7) is 2.85. The number of nitrogens with zero attached hydrogens (tertiary/aromatic N) is 5. The quantitative estimate of drug-likeness (QED) is 0.511. The maximum atomic E-state index is 12.8. The number of carbonyl (C=O) groups is 1. The van der Waals surface area contributed by atoms with Crippen molar-refractivity contribution in [2.45, 2.75) is 0 Å². The van der Waals surface area contributed by atoms with Crippen LogP contribution in [-0.4, -0.2) is 51.9 Å². The van der Waals surface area contributed by atoms with Crippen molar-refractivity contribution in [2.75, 3.05) is 31.1 Å². The topological polar surface area (TPSA) is 62.2 Å². The number of carbonyl (C=O) groups excluding carboxylic acids is 1. The predicted molar refractivity (Wildman–Crippen MR) is 111 cm³/mol. The molecule has 4 aromatic rings. The third kappa shape index (κ3) is 3.11. The van der Waals surface area contributed by atoms with Crippen molar-refractivity contribution in [2.24, 2.45) is 0 Å². The van der Waals surface area contributed by atoms with Gasteiger partial charge in [0.05, 0.1) is 10.3 Å². The maximum Gasteiger partial charge on any atom is 0.273 e. The molecule has 136 valence electrons. The molecule has 0 N–H and O–H groups in total. The third-order valence-corrected chi connectivity index (χ3v) is 7.26. The Bertz CT molecular complexity index is 1080. The van der Waals surface area contributed by atoms with Gasteiger partial charge in [-0.3, -0.25) is 4.79 Å². The Morgan fingerprint density at radius 1 is 1.00 bits per heavy atom. The maximum absolute atomic E-state index is 12.8. The van der Waals surface area contributed by atoms with E-state index in [0.717, 1.165) is 39.0 Å². The average molecular weight is 414 g/mol. The summed E-state index contributed by atoms with van der Waals surface area (Å²) in [6, 6.07) is 6.09. The summed E-state index contributed by atoms with van der Waals surface area (Å²) in [5, 5.41) is 7.92. The summed E-state index contributed by atoms with van der Waals surface area (Å²) in [5.41, 5.74) is 0.541. The van der Waals surface area contributed by atoms with Crippen LogP contribution in [0, 0.1) is 0 Å². The molecule has 0 aliphatic carbocycles. The molecule has 5 heterocycles. The van der Waals surface area contributed by atoms with E-state index in [4.69, 9.17) is 0 Å². The van der Waals surface area contributed by atoms with Crippen LogP contribution in [0.2, 0.25) is 0 Å². The van der Waals surface area contributed by atoms with Crippen molar-refractivity contribution in [1.82, 2.24) is 19.9 Å². The van der Waals surface area contributed by atoms with Crippen LogP contribution in [-0.2, 0) is 0 Å². The zero-order valence-electron chi connectivity index (χ0n) is 14.2. The molecule has 0 radical (unpaired) electrons. The number of rotatable bonds is 3. The number of anilines is 1. The number of thiophene rings is 2. The van der Waals surface area contributed by atoms with Gasteiger partial charge < -0.3 is 9.80 Å². The van der Waals surface area contributed by atoms with E-state index >= 15 is 0 Å². The minimum absolute atomic E-state index is 0.0112. The van der Waals surface area contributed by atoms with Crippen LogP contribution in [0.4, 0.5) is 5.82 Å². The van der Waals surface area contributed by atoms with Crippen molar-refractivity contribution in [3.8, 4) is 9.88 Å². The van der Waals surface area contributed by atoms with Crippen molar-refractivity contribution in [3.05, 3.63) is 46.4 Å². The van der Waals surface area contributed by atoms with Crippen molar-refractivity contribution < 1.29 is 4.79 Å². The molecule has 0 atom stereocenters. The van der Waals surface area contributed by atoms with Gasteiger partial charge in [0.15, 0.2) is 0 Å². The second kappa shape index (κ2) is 6.99. The van der Waals surface area contributed by atoms with Crippen molar-refractivity contribution in [3.63, 3.8) is 0 Å². The first-order valence-corrected chi connectivity index (χ1v) is 11.2. The molecular formula is C18H15N5OS3. The molecule has 1 aliphatic rings. The first kappa shape index (κ1) is 16.8. The predicted octanol–water partition coefficient (Wildman–Crippen LogP) is 3.84. The molecule has 6 nitrogen and oxygen atoms in total. The lowest BCUT2D eigenvalue weighted by molar-refractivity contribution is 0.0741. The fourth-order valence-electron chi connectivity index (χ4n) is 3.20.